The molecule has 0 radical (unpaired) electrons. The molecule has 24 heavy (non-hydrogen) atoms. The number of aromatic nitrogens is 1. The van der Waals surface area contributed by atoms with Gasteiger partial charge in [0.15, 0.2) is 5.13 Å². The van der Waals surface area contributed by atoms with Crippen molar-refractivity contribution in [3.05, 3.63) is 46.5 Å². The van der Waals surface area contributed by atoms with E-state index in [9.17, 15) is 9.59 Å². The van der Waals surface area contributed by atoms with Crippen LogP contribution in [-0.2, 0) is 0 Å². The van der Waals surface area contributed by atoms with Crippen LogP contribution < -0.4 is 5.32 Å². The summed E-state index contributed by atoms with van der Waals surface area (Å²) < 4.78 is 0. The van der Waals surface area contributed by atoms with E-state index >= 15 is 0 Å². The number of carboxylic acids is 1. The summed E-state index contributed by atoms with van der Waals surface area (Å²) in [5, 5.41) is 14.4. The van der Waals surface area contributed by atoms with Gasteiger partial charge in [0.25, 0.3) is 5.91 Å². The second-order valence-electron chi connectivity index (χ2n) is 5.81. The normalized spacial score (nSPS) is 17.5. The van der Waals surface area contributed by atoms with Crippen molar-refractivity contribution in [2.24, 2.45) is 0 Å². The molecule has 6 nitrogen and oxygen atoms in total. The van der Waals surface area contributed by atoms with Gasteiger partial charge in [-0.1, -0.05) is 12.1 Å². The molecule has 0 saturated carbocycles. The fourth-order valence-electron chi connectivity index (χ4n) is 2.98. The lowest BCUT2D eigenvalue weighted by Gasteiger charge is -2.32. The molecule has 126 valence electrons. The second kappa shape index (κ2) is 7.00. The van der Waals surface area contributed by atoms with E-state index in [1.807, 2.05) is 17.0 Å². The van der Waals surface area contributed by atoms with E-state index in [4.69, 9.17) is 5.11 Å². The standard InChI is InChI=1S/C17H19N3O3S/c1-18-17-19-14(10-24-17)15(21)20-8-2-3-13(9-20)11-4-6-12(7-5-11)16(22)23/h4-7,10,13H,2-3,8-9H2,1H3,(H,18,19)(H,22,23)/t13-/m0/s1. The molecule has 2 aromatic rings. The number of carbonyl (C=O) groups excluding carboxylic acids is 1. The van der Waals surface area contributed by atoms with Crippen LogP contribution in [0.25, 0.3) is 0 Å². The Morgan fingerprint density at radius 3 is 2.71 bits per heavy atom. The molecule has 7 heteroatoms. The molecule has 1 amide bonds. The van der Waals surface area contributed by atoms with Crippen LogP contribution in [0.4, 0.5) is 5.13 Å². The lowest BCUT2D eigenvalue weighted by Crippen LogP contribution is -2.39. The Kier molecular flexibility index (Phi) is 4.80. The van der Waals surface area contributed by atoms with Crippen LogP contribution in [0.2, 0.25) is 0 Å². The molecule has 1 aromatic carbocycles. The summed E-state index contributed by atoms with van der Waals surface area (Å²) in [5.41, 5.74) is 1.84. The number of amides is 1. The maximum Gasteiger partial charge on any atom is 0.335 e. The Morgan fingerprint density at radius 2 is 2.08 bits per heavy atom. The molecule has 0 unspecified atom stereocenters. The first kappa shape index (κ1) is 16.4. The zero-order chi connectivity index (χ0) is 17.1. The van der Waals surface area contributed by atoms with Gasteiger partial charge >= 0.3 is 5.97 Å². The van der Waals surface area contributed by atoms with Crippen molar-refractivity contribution in [2.45, 2.75) is 18.8 Å². The number of aromatic carboxylic acids is 1. The predicted molar refractivity (Wildman–Crippen MR) is 92.9 cm³/mol. The number of hydrogen-bond donors (Lipinski definition) is 2. The minimum Gasteiger partial charge on any atom is -0.478 e. The number of benzene rings is 1. The highest BCUT2D eigenvalue weighted by Crippen LogP contribution is 2.28. The van der Waals surface area contributed by atoms with Crippen LogP contribution in [0.3, 0.4) is 0 Å². The number of likely N-dealkylation sites (tertiary alicyclic amines) is 1. The average Bonchev–Trinajstić information content (AvgIpc) is 3.10. The maximum absolute atomic E-state index is 12.6. The van der Waals surface area contributed by atoms with Gasteiger partial charge in [0, 0.05) is 31.4 Å². The van der Waals surface area contributed by atoms with Crippen LogP contribution in [-0.4, -0.2) is 47.0 Å². The SMILES string of the molecule is CNc1nc(C(=O)N2CCC[C@H](c3ccc(C(=O)O)cc3)C2)cs1. The van der Waals surface area contributed by atoms with Crippen LogP contribution in [0.1, 0.15) is 45.2 Å². The fourth-order valence-corrected chi connectivity index (χ4v) is 3.63. The van der Waals surface area contributed by atoms with Crippen molar-refractivity contribution >= 4 is 28.3 Å². The number of carbonyl (C=O) groups is 2. The van der Waals surface area contributed by atoms with Crippen molar-refractivity contribution in [1.82, 2.24) is 9.88 Å². The second-order valence-corrected chi connectivity index (χ2v) is 6.66. The first-order chi connectivity index (χ1) is 11.6. The fraction of sp³-hybridized carbons (Fsp3) is 0.353. The molecule has 2 N–H and O–H groups in total. The summed E-state index contributed by atoms with van der Waals surface area (Å²) in [6, 6.07) is 6.95. The Morgan fingerprint density at radius 1 is 1.33 bits per heavy atom. The number of carboxylic acid groups (broad SMARTS) is 1. The zero-order valence-corrected chi connectivity index (χ0v) is 14.2. The Balaban J connectivity index is 1.71. The topological polar surface area (TPSA) is 82.5 Å². The van der Waals surface area contributed by atoms with E-state index in [1.165, 1.54) is 11.3 Å². The van der Waals surface area contributed by atoms with Crippen LogP contribution in [0.15, 0.2) is 29.6 Å². The molecule has 0 aliphatic carbocycles. The Bertz CT molecular complexity index is 742. The molecule has 2 heterocycles. The number of anilines is 1. The molecular weight excluding hydrogens is 326 g/mol. The van der Waals surface area contributed by atoms with Gasteiger partial charge in [0.2, 0.25) is 0 Å². The van der Waals surface area contributed by atoms with Crippen LogP contribution in [0.5, 0.6) is 0 Å². The number of nitrogens with zero attached hydrogens (tertiary/aromatic N) is 2. The van der Waals surface area contributed by atoms with E-state index in [1.54, 1.807) is 24.6 Å². The molecule has 1 saturated heterocycles. The number of thiazole rings is 1. The third-order valence-corrected chi connectivity index (χ3v) is 5.13. The number of rotatable bonds is 4. The molecule has 0 bridgehead atoms. The van der Waals surface area contributed by atoms with Crippen molar-refractivity contribution in [1.29, 1.82) is 0 Å². The lowest BCUT2D eigenvalue weighted by atomic mass is 9.90. The average molecular weight is 345 g/mol. The minimum absolute atomic E-state index is 0.0420. The minimum atomic E-state index is -0.925. The summed E-state index contributed by atoms with van der Waals surface area (Å²) >= 11 is 1.42. The highest BCUT2D eigenvalue weighted by atomic mass is 32.1. The van der Waals surface area contributed by atoms with Crippen molar-refractivity contribution < 1.29 is 14.7 Å². The van der Waals surface area contributed by atoms with E-state index in [2.05, 4.69) is 10.3 Å². The molecule has 1 fully saturated rings. The third-order valence-electron chi connectivity index (χ3n) is 4.27. The predicted octanol–water partition coefficient (Wildman–Crippen LogP) is 2.90. The molecule has 1 aliphatic rings. The molecular formula is C17H19N3O3S. The number of hydrogen-bond acceptors (Lipinski definition) is 5. The maximum atomic E-state index is 12.6. The highest BCUT2D eigenvalue weighted by Gasteiger charge is 2.26. The van der Waals surface area contributed by atoms with E-state index < -0.39 is 5.97 Å². The van der Waals surface area contributed by atoms with Gasteiger partial charge in [-0.3, -0.25) is 4.79 Å². The van der Waals surface area contributed by atoms with Gasteiger partial charge in [-0.2, -0.15) is 0 Å². The van der Waals surface area contributed by atoms with E-state index in [0.717, 1.165) is 30.1 Å². The summed E-state index contributed by atoms with van der Waals surface area (Å²) in [5.74, 6) is -0.738. The number of nitrogens with one attached hydrogen (secondary N) is 1. The first-order valence-electron chi connectivity index (χ1n) is 7.84. The Labute approximate surface area is 144 Å². The Hall–Kier alpha value is -2.41. The van der Waals surface area contributed by atoms with Gasteiger partial charge in [0.1, 0.15) is 5.69 Å². The highest BCUT2D eigenvalue weighted by molar-refractivity contribution is 7.13. The summed E-state index contributed by atoms with van der Waals surface area (Å²) in [4.78, 5) is 29.7. The summed E-state index contributed by atoms with van der Waals surface area (Å²) in [7, 11) is 1.78. The van der Waals surface area contributed by atoms with Gasteiger partial charge < -0.3 is 15.3 Å². The monoisotopic (exact) mass is 345 g/mol. The van der Waals surface area contributed by atoms with Gasteiger partial charge in [0.05, 0.1) is 5.56 Å². The zero-order valence-electron chi connectivity index (χ0n) is 13.4. The molecule has 1 aromatic heterocycles. The molecule has 1 aliphatic heterocycles. The van der Waals surface area contributed by atoms with Crippen molar-refractivity contribution in [3.8, 4) is 0 Å². The van der Waals surface area contributed by atoms with Crippen LogP contribution >= 0.6 is 11.3 Å². The third kappa shape index (κ3) is 3.41. The van der Waals surface area contributed by atoms with Gasteiger partial charge in [-0.15, -0.1) is 11.3 Å². The van der Waals surface area contributed by atoms with Gasteiger partial charge in [-0.05, 0) is 30.5 Å². The van der Waals surface area contributed by atoms with E-state index in [0.29, 0.717) is 12.2 Å². The molecule has 3 rings (SSSR count). The van der Waals surface area contributed by atoms with Gasteiger partial charge in [-0.25, -0.2) is 9.78 Å². The van der Waals surface area contributed by atoms with Crippen LogP contribution in [0, 0.1) is 0 Å². The van der Waals surface area contributed by atoms with E-state index in [-0.39, 0.29) is 17.4 Å². The smallest absolute Gasteiger partial charge is 0.335 e. The first-order valence-corrected chi connectivity index (χ1v) is 8.72. The largest absolute Gasteiger partial charge is 0.478 e. The number of piperidine rings is 1. The van der Waals surface area contributed by atoms with Crippen molar-refractivity contribution in [2.75, 3.05) is 25.5 Å². The molecule has 0 spiro atoms. The quantitative estimate of drug-likeness (QED) is 0.890. The molecule has 1 atom stereocenters. The summed E-state index contributed by atoms with van der Waals surface area (Å²) in [6.45, 7) is 1.37. The summed E-state index contributed by atoms with van der Waals surface area (Å²) in [6.07, 6.45) is 1.93. The lowest BCUT2D eigenvalue weighted by molar-refractivity contribution is 0.0692. The van der Waals surface area contributed by atoms with Crippen molar-refractivity contribution in [3.63, 3.8) is 0 Å².